The second-order valence-corrected chi connectivity index (χ2v) is 11.7. The van der Waals surface area contributed by atoms with E-state index in [0.717, 1.165) is 76.9 Å². The number of nitrogens with zero attached hydrogens (tertiary/aromatic N) is 5. The quantitative estimate of drug-likeness (QED) is 0.477. The van der Waals surface area contributed by atoms with E-state index in [2.05, 4.69) is 37.1 Å². The fourth-order valence-electron chi connectivity index (χ4n) is 7.19. The zero-order chi connectivity index (χ0) is 28.2. The number of carbonyl (C=O) groups is 2. The SMILES string of the molecule is CCOC(=O)C1CCN(C2CCCC3C2OC(=O)N3C2CCN(c3ccnc(NCc4ccccc4)n3)CC2)CC1. The molecule has 1 aromatic carbocycles. The lowest BCUT2D eigenvalue weighted by molar-refractivity contribution is -0.150. The standard InChI is InChI=1S/C31H42N6O4/c1-2-40-29(38)23-12-17-35(18-13-23)25-9-6-10-26-28(25)41-31(39)37(26)24-14-19-36(20-15-24)27-11-16-32-30(34-27)33-21-22-7-4-3-5-8-22/h3-5,7-8,11,16,23-26,28H,2,6,9-10,12-15,17-21H2,1H3,(H,32,33,34). The van der Waals surface area contributed by atoms with Crippen molar-refractivity contribution in [1.82, 2.24) is 19.8 Å². The molecule has 1 aromatic heterocycles. The number of benzene rings is 1. The first kappa shape index (κ1) is 27.8. The molecule has 3 aliphatic heterocycles. The number of nitrogens with one attached hydrogen (secondary N) is 1. The van der Waals surface area contributed by atoms with Crippen LogP contribution in [0.3, 0.4) is 0 Å². The number of rotatable bonds is 8. The van der Waals surface area contributed by atoms with Crippen LogP contribution in [0.4, 0.5) is 16.6 Å². The molecule has 0 bridgehead atoms. The molecule has 1 aliphatic carbocycles. The Hall–Kier alpha value is -3.40. The third kappa shape index (κ3) is 6.12. The molecule has 220 valence electrons. The van der Waals surface area contributed by atoms with E-state index < -0.39 is 0 Å². The zero-order valence-corrected chi connectivity index (χ0v) is 24.0. The van der Waals surface area contributed by atoms with Crippen molar-refractivity contribution in [2.45, 2.75) is 82.6 Å². The Morgan fingerprint density at radius 3 is 2.51 bits per heavy atom. The number of fused-ring (bicyclic) bond motifs is 1. The number of hydrogen-bond donors (Lipinski definition) is 1. The Kier molecular flexibility index (Phi) is 8.55. The number of carbonyl (C=O) groups excluding carboxylic acids is 2. The Morgan fingerprint density at radius 2 is 1.76 bits per heavy atom. The Morgan fingerprint density at radius 1 is 1.00 bits per heavy atom. The highest BCUT2D eigenvalue weighted by atomic mass is 16.6. The molecule has 2 aromatic rings. The van der Waals surface area contributed by atoms with Crippen molar-refractivity contribution >= 4 is 23.8 Å². The molecule has 10 heteroatoms. The number of likely N-dealkylation sites (tertiary alicyclic amines) is 1. The van der Waals surface area contributed by atoms with Gasteiger partial charge in [0.2, 0.25) is 5.95 Å². The van der Waals surface area contributed by atoms with Crippen molar-refractivity contribution in [2.24, 2.45) is 5.92 Å². The highest BCUT2D eigenvalue weighted by Crippen LogP contribution is 2.39. The summed E-state index contributed by atoms with van der Waals surface area (Å²) >= 11 is 0. The maximum absolute atomic E-state index is 13.2. The number of aromatic nitrogens is 2. The number of piperidine rings is 2. The molecule has 0 radical (unpaired) electrons. The number of ether oxygens (including phenoxy) is 2. The largest absolute Gasteiger partial charge is 0.466 e. The molecule has 4 heterocycles. The van der Waals surface area contributed by atoms with Gasteiger partial charge in [-0.2, -0.15) is 4.98 Å². The molecule has 0 spiro atoms. The van der Waals surface area contributed by atoms with Gasteiger partial charge < -0.3 is 19.7 Å². The summed E-state index contributed by atoms with van der Waals surface area (Å²) in [6.45, 7) is 6.36. The van der Waals surface area contributed by atoms with Crippen LogP contribution in [0.25, 0.3) is 0 Å². The average Bonchev–Trinajstić information content (AvgIpc) is 3.37. The summed E-state index contributed by atoms with van der Waals surface area (Å²) in [5.74, 6) is 1.46. The van der Waals surface area contributed by atoms with Crippen LogP contribution in [0, 0.1) is 5.92 Å². The van der Waals surface area contributed by atoms with E-state index in [0.29, 0.717) is 19.1 Å². The summed E-state index contributed by atoms with van der Waals surface area (Å²) in [6, 6.07) is 12.7. The van der Waals surface area contributed by atoms with E-state index >= 15 is 0 Å². The van der Waals surface area contributed by atoms with Gasteiger partial charge in [0.15, 0.2) is 0 Å². The van der Waals surface area contributed by atoms with Crippen LogP contribution in [0.5, 0.6) is 0 Å². The Bertz CT molecular complexity index is 1180. The lowest BCUT2D eigenvalue weighted by Gasteiger charge is -2.44. The third-order valence-corrected chi connectivity index (χ3v) is 9.30. The molecular weight excluding hydrogens is 520 g/mol. The molecule has 6 rings (SSSR count). The van der Waals surface area contributed by atoms with Gasteiger partial charge in [0.25, 0.3) is 0 Å². The van der Waals surface area contributed by atoms with Gasteiger partial charge in [-0.1, -0.05) is 30.3 Å². The lowest BCUT2D eigenvalue weighted by atomic mass is 9.84. The van der Waals surface area contributed by atoms with Gasteiger partial charge in [-0.3, -0.25) is 14.6 Å². The van der Waals surface area contributed by atoms with Gasteiger partial charge >= 0.3 is 12.1 Å². The van der Waals surface area contributed by atoms with Crippen LogP contribution in [0.1, 0.15) is 57.4 Å². The Balaban J connectivity index is 1.03. The van der Waals surface area contributed by atoms with Crippen LogP contribution < -0.4 is 10.2 Å². The summed E-state index contributed by atoms with van der Waals surface area (Å²) in [5, 5.41) is 3.33. The minimum atomic E-state index is -0.152. The monoisotopic (exact) mass is 562 g/mol. The van der Waals surface area contributed by atoms with Crippen molar-refractivity contribution in [2.75, 3.05) is 43.0 Å². The second-order valence-electron chi connectivity index (χ2n) is 11.7. The summed E-state index contributed by atoms with van der Waals surface area (Å²) in [7, 11) is 0. The summed E-state index contributed by atoms with van der Waals surface area (Å²) in [4.78, 5) is 41.5. The smallest absolute Gasteiger partial charge is 0.410 e. The maximum atomic E-state index is 13.2. The molecule has 4 aliphatic rings. The summed E-state index contributed by atoms with van der Waals surface area (Å²) in [6.07, 6.45) is 8.11. The maximum Gasteiger partial charge on any atom is 0.410 e. The van der Waals surface area contributed by atoms with E-state index in [1.807, 2.05) is 37.4 Å². The van der Waals surface area contributed by atoms with Gasteiger partial charge in [-0.25, -0.2) is 9.78 Å². The van der Waals surface area contributed by atoms with Gasteiger partial charge in [-0.05, 0) is 76.6 Å². The topological polar surface area (TPSA) is 100 Å². The summed E-state index contributed by atoms with van der Waals surface area (Å²) in [5.41, 5.74) is 1.18. The van der Waals surface area contributed by atoms with Crippen molar-refractivity contribution in [3.63, 3.8) is 0 Å². The fourth-order valence-corrected chi connectivity index (χ4v) is 7.19. The Labute approximate surface area is 242 Å². The number of esters is 1. The van der Waals surface area contributed by atoms with E-state index in [9.17, 15) is 9.59 Å². The molecule has 3 unspecified atom stereocenters. The number of anilines is 2. The highest BCUT2D eigenvalue weighted by Gasteiger charge is 2.51. The lowest BCUT2D eigenvalue weighted by Crippen LogP contribution is -2.56. The minimum Gasteiger partial charge on any atom is -0.466 e. The van der Waals surface area contributed by atoms with Gasteiger partial charge in [0.1, 0.15) is 11.9 Å². The third-order valence-electron chi connectivity index (χ3n) is 9.30. The van der Waals surface area contributed by atoms with Gasteiger partial charge in [0, 0.05) is 37.9 Å². The minimum absolute atomic E-state index is 0.0102. The highest BCUT2D eigenvalue weighted by molar-refractivity contribution is 5.72. The normalized spacial score (nSPS) is 26.0. The average molecular weight is 563 g/mol. The molecule has 10 nitrogen and oxygen atoms in total. The first-order valence-electron chi connectivity index (χ1n) is 15.4. The van der Waals surface area contributed by atoms with Crippen LogP contribution in [-0.2, 0) is 20.8 Å². The number of hydrogen-bond acceptors (Lipinski definition) is 9. The van der Waals surface area contributed by atoms with Crippen molar-refractivity contribution in [1.29, 1.82) is 0 Å². The molecule has 3 saturated heterocycles. The molecule has 1 amide bonds. The van der Waals surface area contributed by atoms with Gasteiger partial charge in [0.05, 0.1) is 18.6 Å². The first-order valence-corrected chi connectivity index (χ1v) is 15.4. The molecule has 4 fully saturated rings. The van der Waals surface area contributed by atoms with E-state index in [1.165, 1.54) is 5.56 Å². The van der Waals surface area contributed by atoms with Crippen molar-refractivity contribution in [3.05, 3.63) is 48.2 Å². The fraction of sp³-hybridized carbons (Fsp3) is 0.613. The second kappa shape index (κ2) is 12.6. The van der Waals surface area contributed by atoms with Crippen LogP contribution >= 0.6 is 0 Å². The van der Waals surface area contributed by atoms with E-state index in [-0.39, 0.29) is 42.2 Å². The predicted octanol–water partition coefficient (Wildman–Crippen LogP) is 4.07. The van der Waals surface area contributed by atoms with Crippen molar-refractivity contribution < 1.29 is 19.1 Å². The van der Waals surface area contributed by atoms with Crippen LogP contribution in [0.2, 0.25) is 0 Å². The molecule has 41 heavy (non-hydrogen) atoms. The van der Waals surface area contributed by atoms with Gasteiger partial charge in [-0.15, -0.1) is 0 Å². The van der Waals surface area contributed by atoms with Crippen LogP contribution in [0.15, 0.2) is 42.6 Å². The first-order chi connectivity index (χ1) is 20.1. The summed E-state index contributed by atoms with van der Waals surface area (Å²) < 4.78 is 11.4. The zero-order valence-electron chi connectivity index (χ0n) is 24.0. The molecule has 3 atom stereocenters. The predicted molar refractivity (Wildman–Crippen MR) is 156 cm³/mol. The number of amides is 1. The molecule has 1 saturated carbocycles. The van der Waals surface area contributed by atoms with Crippen LogP contribution in [-0.4, -0.2) is 88.8 Å². The molecule has 1 N–H and O–H groups in total. The van der Waals surface area contributed by atoms with E-state index in [1.54, 1.807) is 0 Å². The van der Waals surface area contributed by atoms with E-state index in [4.69, 9.17) is 14.5 Å². The van der Waals surface area contributed by atoms with Crippen molar-refractivity contribution in [3.8, 4) is 0 Å². The molecular formula is C31H42N6O4.